The highest BCUT2D eigenvalue weighted by atomic mass is 32.2. The maximum atomic E-state index is 11.7. The molecule has 2 aromatic carbocycles. The van der Waals surface area contributed by atoms with Crippen molar-refractivity contribution >= 4 is 48.0 Å². The number of nitrogens with one attached hydrogen (secondary N) is 3. The van der Waals surface area contributed by atoms with Crippen molar-refractivity contribution in [3.63, 3.8) is 0 Å². The summed E-state index contributed by atoms with van der Waals surface area (Å²) in [7, 11) is 3.32. The Bertz CT molecular complexity index is 1070. The van der Waals surface area contributed by atoms with Crippen molar-refractivity contribution in [3.05, 3.63) is 64.8 Å². The molecular formula is C26H34N6O4S. The van der Waals surface area contributed by atoms with Gasteiger partial charge in [-0.25, -0.2) is 0 Å². The van der Waals surface area contributed by atoms with Crippen LogP contribution in [0, 0.1) is 0 Å². The molecule has 37 heavy (non-hydrogen) atoms. The summed E-state index contributed by atoms with van der Waals surface area (Å²) in [6.45, 7) is 5.82. The van der Waals surface area contributed by atoms with Crippen molar-refractivity contribution in [2.24, 2.45) is 10.7 Å². The van der Waals surface area contributed by atoms with Crippen molar-refractivity contribution in [2.75, 3.05) is 50.3 Å². The van der Waals surface area contributed by atoms with E-state index in [9.17, 15) is 14.4 Å². The number of thioether (sulfide) groups is 1. The van der Waals surface area contributed by atoms with Gasteiger partial charge in [-0.1, -0.05) is 11.8 Å². The molecule has 1 aliphatic heterocycles. The van der Waals surface area contributed by atoms with E-state index in [2.05, 4.69) is 32.6 Å². The van der Waals surface area contributed by atoms with Gasteiger partial charge in [0.05, 0.1) is 19.5 Å². The first-order chi connectivity index (χ1) is 17.9. The standard InChI is InChI=1S/C13H18N4O2S.C13H16N2O2/c1-15-11(12(14)18)13(16-2)20-8-17-9-4-6-10(19-3)7-5-9;16-10-11-3-5-12(6-4-11)14-13(17)9-15-7-1-2-8-15/h4-7,16-17H,1,8H2,2-3H3,(H2,14,18);3-6,10H,1-2,7-9H2,(H,14,17)/b13-11-;. The minimum absolute atomic E-state index is 0.00533. The molecule has 0 unspecified atom stereocenters. The summed E-state index contributed by atoms with van der Waals surface area (Å²) in [5.74, 6) is 0.743. The number of rotatable bonds is 12. The first kappa shape index (κ1) is 29.4. The van der Waals surface area contributed by atoms with E-state index in [-0.39, 0.29) is 11.6 Å². The predicted octanol–water partition coefficient (Wildman–Crippen LogP) is 2.91. The van der Waals surface area contributed by atoms with Crippen LogP contribution in [0.15, 0.2) is 64.2 Å². The lowest BCUT2D eigenvalue weighted by Gasteiger charge is -2.14. The molecular weight excluding hydrogens is 492 g/mol. The normalized spacial score (nSPS) is 13.4. The topological polar surface area (TPSA) is 138 Å². The SMILES string of the molecule is C=N/C(C(N)=O)=C(/NC)SCNc1ccc(OC)cc1.O=Cc1ccc(NC(=O)CN2CCCC2)cc1. The number of hydrogen-bond acceptors (Lipinski definition) is 9. The van der Waals surface area contributed by atoms with Gasteiger partial charge in [-0.15, -0.1) is 0 Å². The molecule has 3 rings (SSSR count). The smallest absolute Gasteiger partial charge is 0.269 e. The molecule has 2 aromatic rings. The van der Waals surface area contributed by atoms with Crippen molar-refractivity contribution in [1.82, 2.24) is 10.2 Å². The van der Waals surface area contributed by atoms with Gasteiger partial charge in [0.25, 0.3) is 5.91 Å². The first-order valence-corrected chi connectivity index (χ1v) is 12.7. The number of hydrogen-bond donors (Lipinski definition) is 4. The molecule has 0 aromatic heterocycles. The molecule has 0 radical (unpaired) electrons. The quantitative estimate of drug-likeness (QED) is 0.143. The van der Waals surface area contributed by atoms with E-state index in [0.717, 1.165) is 36.5 Å². The predicted molar refractivity (Wildman–Crippen MR) is 150 cm³/mol. The fraction of sp³-hybridized carbons (Fsp3) is 0.308. The number of anilines is 2. The van der Waals surface area contributed by atoms with Gasteiger partial charge in [0.15, 0.2) is 5.70 Å². The number of aldehydes is 1. The van der Waals surface area contributed by atoms with Gasteiger partial charge in [-0.05, 0) is 81.2 Å². The summed E-state index contributed by atoms with van der Waals surface area (Å²) in [5.41, 5.74) is 7.65. The van der Waals surface area contributed by atoms with Gasteiger partial charge >= 0.3 is 0 Å². The van der Waals surface area contributed by atoms with Crippen molar-refractivity contribution in [3.8, 4) is 5.75 Å². The lowest BCUT2D eigenvalue weighted by molar-refractivity contribution is -0.117. The van der Waals surface area contributed by atoms with Crippen LogP contribution in [-0.4, -0.2) is 69.4 Å². The molecule has 2 amide bonds. The summed E-state index contributed by atoms with van der Waals surface area (Å²) in [6.07, 6.45) is 3.15. The molecule has 0 saturated carbocycles. The Morgan fingerprint density at radius 1 is 1.11 bits per heavy atom. The fourth-order valence-electron chi connectivity index (χ4n) is 3.41. The summed E-state index contributed by atoms with van der Waals surface area (Å²) in [4.78, 5) is 39.1. The summed E-state index contributed by atoms with van der Waals surface area (Å²) >= 11 is 1.38. The Labute approximate surface area is 221 Å². The second-order valence-corrected chi connectivity index (χ2v) is 8.90. The largest absolute Gasteiger partial charge is 0.497 e. The number of carbonyl (C=O) groups is 3. The average Bonchev–Trinajstić information content (AvgIpc) is 3.42. The third-order valence-electron chi connectivity index (χ3n) is 5.31. The van der Waals surface area contributed by atoms with Crippen LogP contribution in [0.3, 0.4) is 0 Å². The van der Waals surface area contributed by atoms with Crippen LogP contribution in [0.1, 0.15) is 23.2 Å². The van der Waals surface area contributed by atoms with Gasteiger partial charge in [0, 0.05) is 24.0 Å². The minimum Gasteiger partial charge on any atom is -0.497 e. The Balaban J connectivity index is 0.000000263. The van der Waals surface area contributed by atoms with Gasteiger partial charge < -0.3 is 26.4 Å². The maximum Gasteiger partial charge on any atom is 0.269 e. The summed E-state index contributed by atoms with van der Waals surface area (Å²) in [5, 5.41) is 9.49. The zero-order valence-corrected chi connectivity index (χ0v) is 22.0. The molecule has 1 fully saturated rings. The van der Waals surface area contributed by atoms with E-state index in [4.69, 9.17) is 10.5 Å². The number of methoxy groups -OCH3 is 1. The van der Waals surface area contributed by atoms with Crippen LogP contribution in [0.25, 0.3) is 0 Å². The number of amides is 2. The van der Waals surface area contributed by atoms with Gasteiger partial charge in [-0.2, -0.15) is 0 Å². The number of ether oxygens (including phenoxy) is 1. The lowest BCUT2D eigenvalue weighted by atomic mass is 10.2. The molecule has 1 aliphatic rings. The number of nitrogens with two attached hydrogens (primary N) is 1. The lowest BCUT2D eigenvalue weighted by Crippen LogP contribution is -2.30. The molecule has 1 saturated heterocycles. The highest BCUT2D eigenvalue weighted by molar-refractivity contribution is 8.03. The number of benzene rings is 2. The van der Waals surface area contributed by atoms with Crippen molar-refractivity contribution in [1.29, 1.82) is 0 Å². The highest BCUT2D eigenvalue weighted by Gasteiger charge is 2.15. The van der Waals surface area contributed by atoms with Crippen LogP contribution in [0.5, 0.6) is 5.75 Å². The van der Waals surface area contributed by atoms with E-state index in [0.29, 0.717) is 23.0 Å². The third-order valence-corrected chi connectivity index (χ3v) is 6.29. The van der Waals surface area contributed by atoms with Crippen molar-refractivity contribution in [2.45, 2.75) is 12.8 Å². The van der Waals surface area contributed by atoms with E-state index < -0.39 is 5.91 Å². The summed E-state index contributed by atoms with van der Waals surface area (Å²) in [6, 6.07) is 14.4. The van der Waals surface area contributed by atoms with Crippen LogP contribution < -0.4 is 26.4 Å². The Kier molecular flexibility index (Phi) is 12.7. The van der Waals surface area contributed by atoms with Crippen molar-refractivity contribution < 1.29 is 19.1 Å². The molecule has 0 spiro atoms. The molecule has 10 nitrogen and oxygen atoms in total. The number of nitrogens with zero attached hydrogens (tertiary/aromatic N) is 2. The second kappa shape index (κ2) is 16.0. The zero-order chi connectivity index (χ0) is 27.0. The van der Waals surface area contributed by atoms with Crippen LogP contribution in [0.4, 0.5) is 11.4 Å². The molecule has 1 heterocycles. The average molecular weight is 527 g/mol. The molecule has 0 aliphatic carbocycles. The molecule has 0 bridgehead atoms. The van der Waals surface area contributed by atoms with E-state index in [1.165, 1.54) is 24.6 Å². The fourth-order valence-corrected chi connectivity index (χ4v) is 4.24. The summed E-state index contributed by atoms with van der Waals surface area (Å²) < 4.78 is 5.08. The van der Waals surface area contributed by atoms with Gasteiger partial charge in [0.2, 0.25) is 5.91 Å². The highest BCUT2D eigenvalue weighted by Crippen LogP contribution is 2.20. The Morgan fingerprint density at radius 3 is 2.24 bits per heavy atom. The van der Waals surface area contributed by atoms with E-state index in [1.54, 1.807) is 38.4 Å². The van der Waals surface area contributed by atoms with E-state index >= 15 is 0 Å². The monoisotopic (exact) mass is 526 g/mol. The number of primary amides is 1. The minimum atomic E-state index is -0.610. The van der Waals surface area contributed by atoms with E-state index in [1.807, 2.05) is 24.3 Å². The zero-order valence-electron chi connectivity index (χ0n) is 21.2. The molecule has 0 atom stereocenters. The molecule has 5 N–H and O–H groups in total. The second-order valence-electron chi connectivity index (χ2n) is 7.92. The molecule has 198 valence electrons. The van der Waals surface area contributed by atoms with Gasteiger partial charge in [0.1, 0.15) is 17.1 Å². The maximum absolute atomic E-state index is 11.7. The van der Waals surface area contributed by atoms with Crippen LogP contribution >= 0.6 is 11.8 Å². The third kappa shape index (κ3) is 10.4. The molecule has 11 heteroatoms. The van der Waals surface area contributed by atoms with Gasteiger partial charge in [-0.3, -0.25) is 24.3 Å². The number of aliphatic imine (C=N–C) groups is 1. The van der Waals surface area contributed by atoms with Crippen LogP contribution in [0.2, 0.25) is 0 Å². The number of carbonyl (C=O) groups excluding carboxylic acids is 3. The Morgan fingerprint density at radius 2 is 1.73 bits per heavy atom. The number of likely N-dealkylation sites (tertiary alicyclic amines) is 1. The first-order valence-electron chi connectivity index (χ1n) is 11.7. The van der Waals surface area contributed by atoms with Crippen LogP contribution in [-0.2, 0) is 9.59 Å². The Hall–Kier alpha value is -3.83.